The van der Waals surface area contributed by atoms with E-state index in [1.807, 2.05) is 19.0 Å². The molecule has 1 amide bonds. The Hall–Kier alpha value is -1.73. The summed E-state index contributed by atoms with van der Waals surface area (Å²) < 4.78 is 0. The van der Waals surface area contributed by atoms with Crippen LogP contribution in [0.4, 0.5) is 5.00 Å². The highest BCUT2D eigenvalue weighted by atomic mass is 32.1. The molecular formula is C11H15N3O3S. The second-order valence-electron chi connectivity index (χ2n) is 3.86. The largest absolute Gasteiger partial charge is 0.351 e. The Morgan fingerprint density at radius 2 is 2.28 bits per heavy atom. The van der Waals surface area contributed by atoms with Crippen LogP contribution in [0.5, 0.6) is 0 Å². The second-order valence-corrected chi connectivity index (χ2v) is 4.95. The highest BCUT2D eigenvalue weighted by Gasteiger charge is 2.07. The molecule has 18 heavy (non-hydrogen) atoms. The highest BCUT2D eigenvalue weighted by molar-refractivity contribution is 7.16. The summed E-state index contributed by atoms with van der Waals surface area (Å²) in [6, 6.07) is 3.04. The minimum absolute atomic E-state index is 0.0719. The second kappa shape index (κ2) is 6.87. The van der Waals surface area contributed by atoms with Crippen molar-refractivity contribution in [3.8, 4) is 0 Å². The number of carbonyl (C=O) groups is 1. The molecule has 0 spiro atoms. The van der Waals surface area contributed by atoms with Crippen LogP contribution in [0.25, 0.3) is 6.08 Å². The molecule has 1 aromatic rings. The van der Waals surface area contributed by atoms with Crippen molar-refractivity contribution in [1.29, 1.82) is 0 Å². The minimum Gasteiger partial charge on any atom is -0.351 e. The van der Waals surface area contributed by atoms with Crippen molar-refractivity contribution in [3.05, 3.63) is 33.2 Å². The first-order chi connectivity index (χ1) is 8.49. The van der Waals surface area contributed by atoms with Gasteiger partial charge in [-0.25, -0.2) is 0 Å². The molecule has 6 nitrogen and oxygen atoms in total. The Balaban J connectivity index is 2.42. The summed E-state index contributed by atoms with van der Waals surface area (Å²) in [6.07, 6.45) is 2.95. The first-order valence-corrected chi connectivity index (χ1v) is 6.15. The fourth-order valence-electron chi connectivity index (χ4n) is 1.15. The third-order valence-corrected chi connectivity index (χ3v) is 3.05. The van der Waals surface area contributed by atoms with E-state index in [0.29, 0.717) is 11.4 Å². The molecule has 1 rings (SSSR count). The Kier molecular flexibility index (Phi) is 5.47. The zero-order valence-corrected chi connectivity index (χ0v) is 11.1. The van der Waals surface area contributed by atoms with Gasteiger partial charge in [0.2, 0.25) is 5.91 Å². The topological polar surface area (TPSA) is 75.5 Å². The Labute approximate surface area is 109 Å². The van der Waals surface area contributed by atoms with Crippen molar-refractivity contribution in [1.82, 2.24) is 10.2 Å². The zero-order valence-electron chi connectivity index (χ0n) is 10.3. The summed E-state index contributed by atoms with van der Waals surface area (Å²) in [5.74, 6) is -0.201. The van der Waals surface area contributed by atoms with Gasteiger partial charge < -0.3 is 10.2 Å². The summed E-state index contributed by atoms with van der Waals surface area (Å²) in [7, 11) is 3.85. The van der Waals surface area contributed by atoms with Gasteiger partial charge in [-0.15, -0.1) is 0 Å². The van der Waals surface area contributed by atoms with Crippen LogP contribution in [0.1, 0.15) is 4.88 Å². The maximum Gasteiger partial charge on any atom is 0.324 e. The molecular weight excluding hydrogens is 254 g/mol. The molecule has 0 aliphatic rings. The normalized spacial score (nSPS) is 11.1. The van der Waals surface area contributed by atoms with E-state index in [9.17, 15) is 14.9 Å². The molecule has 0 aliphatic heterocycles. The van der Waals surface area contributed by atoms with Gasteiger partial charge in [0.05, 0.1) is 4.92 Å². The van der Waals surface area contributed by atoms with Gasteiger partial charge in [0.25, 0.3) is 0 Å². The lowest BCUT2D eigenvalue weighted by Crippen LogP contribution is -2.30. The molecule has 0 aliphatic carbocycles. The molecule has 0 bridgehead atoms. The minimum atomic E-state index is -0.445. The molecule has 1 N–H and O–H groups in total. The van der Waals surface area contributed by atoms with Gasteiger partial charge in [-0.2, -0.15) is 0 Å². The van der Waals surface area contributed by atoms with Gasteiger partial charge in [-0.3, -0.25) is 14.9 Å². The SMILES string of the molecule is CN(C)CCNC(=O)/C=C/c1ccc([N+](=O)[O-])s1. The summed E-state index contributed by atoms with van der Waals surface area (Å²) >= 11 is 1.04. The first kappa shape index (κ1) is 14.3. The average molecular weight is 269 g/mol. The van der Waals surface area contributed by atoms with E-state index >= 15 is 0 Å². The van der Waals surface area contributed by atoms with Crippen LogP contribution in [-0.4, -0.2) is 42.9 Å². The standard InChI is InChI=1S/C11H15N3O3S/c1-13(2)8-7-12-10(15)5-3-9-4-6-11(18-9)14(16)17/h3-6H,7-8H2,1-2H3,(H,12,15)/b5-3+. The predicted octanol–water partition coefficient (Wildman–Crippen LogP) is 1.35. The number of amides is 1. The van der Waals surface area contributed by atoms with Crippen molar-refractivity contribution in [3.63, 3.8) is 0 Å². The molecule has 0 aromatic carbocycles. The third kappa shape index (κ3) is 5.07. The van der Waals surface area contributed by atoms with Crippen molar-refractivity contribution in [2.24, 2.45) is 0 Å². The van der Waals surface area contributed by atoms with Crippen molar-refractivity contribution >= 4 is 28.3 Å². The molecule has 7 heteroatoms. The Morgan fingerprint density at radius 1 is 1.56 bits per heavy atom. The molecule has 0 radical (unpaired) electrons. The van der Waals surface area contributed by atoms with E-state index in [1.54, 1.807) is 12.1 Å². The quantitative estimate of drug-likeness (QED) is 0.480. The molecule has 0 fully saturated rings. The van der Waals surface area contributed by atoms with E-state index in [2.05, 4.69) is 5.32 Å². The Morgan fingerprint density at radius 3 is 2.83 bits per heavy atom. The van der Waals surface area contributed by atoms with Crippen molar-refractivity contribution < 1.29 is 9.72 Å². The van der Waals surface area contributed by atoms with Crippen molar-refractivity contribution in [2.75, 3.05) is 27.2 Å². The van der Waals surface area contributed by atoms with Gasteiger partial charge in [-0.05, 0) is 26.2 Å². The number of likely N-dealkylation sites (N-methyl/N-ethyl adjacent to an activating group) is 1. The zero-order chi connectivity index (χ0) is 13.5. The molecule has 0 saturated carbocycles. The van der Waals surface area contributed by atoms with E-state index in [4.69, 9.17) is 0 Å². The lowest BCUT2D eigenvalue weighted by Gasteiger charge is -2.08. The van der Waals surface area contributed by atoms with E-state index < -0.39 is 4.92 Å². The summed E-state index contributed by atoms with van der Waals surface area (Å²) in [5.41, 5.74) is 0. The van der Waals surface area contributed by atoms with Crippen LogP contribution in [0, 0.1) is 10.1 Å². The van der Waals surface area contributed by atoms with Crippen LogP contribution >= 0.6 is 11.3 Å². The number of nitrogens with zero attached hydrogens (tertiary/aromatic N) is 2. The van der Waals surface area contributed by atoms with Gasteiger partial charge in [0, 0.05) is 30.1 Å². The van der Waals surface area contributed by atoms with E-state index in [0.717, 1.165) is 17.9 Å². The fourth-order valence-corrected chi connectivity index (χ4v) is 1.87. The number of nitro groups is 1. The molecule has 0 unspecified atom stereocenters. The molecule has 0 atom stereocenters. The number of hydrogen-bond acceptors (Lipinski definition) is 5. The number of hydrogen-bond donors (Lipinski definition) is 1. The number of thiophene rings is 1. The lowest BCUT2D eigenvalue weighted by molar-refractivity contribution is -0.380. The van der Waals surface area contributed by atoms with Gasteiger partial charge >= 0.3 is 5.00 Å². The van der Waals surface area contributed by atoms with Crippen LogP contribution < -0.4 is 5.32 Å². The first-order valence-electron chi connectivity index (χ1n) is 5.34. The third-order valence-electron chi connectivity index (χ3n) is 2.05. The monoisotopic (exact) mass is 269 g/mol. The van der Waals surface area contributed by atoms with E-state index in [1.165, 1.54) is 12.1 Å². The summed E-state index contributed by atoms with van der Waals surface area (Å²) in [6.45, 7) is 1.34. The fraction of sp³-hybridized carbons (Fsp3) is 0.364. The van der Waals surface area contributed by atoms with E-state index in [-0.39, 0.29) is 10.9 Å². The van der Waals surface area contributed by atoms with Crippen LogP contribution in [0.3, 0.4) is 0 Å². The van der Waals surface area contributed by atoms with Crippen LogP contribution in [0.15, 0.2) is 18.2 Å². The number of nitrogens with one attached hydrogen (secondary N) is 1. The average Bonchev–Trinajstić information content (AvgIpc) is 2.74. The molecule has 98 valence electrons. The Bertz CT molecular complexity index is 454. The van der Waals surface area contributed by atoms with Crippen LogP contribution in [-0.2, 0) is 4.79 Å². The number of rotatable bonds is 6. The molecule has 0 saturated heterocycles. The summed E-state index contributed by atoms with van der Waals surface area (Å²) in [4.78, 5) is 24.1. The smallest absolute Gasteiger partial charge is 0.324 e. The maximum absolute atomic E-state index is 11.4. The maximum atomic E-state index is 11.4. The van der Waals surface area contributed by atoms with Crippen molar-refractivity contribution in [2.45, 2.75) is 0 Å². The predicted molar refractivity (Wildman–Crippen MR) is 71.6 cm³/mol. The molecule has 1 aromatic heterocycles. The lowest BCUT2D eigenvalue weighted by atomic mass is 10.4. The van der Waals surface area contributed by atoms with Gasteiger partial charge in [0.15, 0.2) is 0 Å². The molecule has 1 heterocycles. The van der Waals surface area contributed by atoms with Gasteiger partial charge in [0.1, 0.15) is 0 Å². The summed E-state index contributed by atoms with van der Waals surface area (Å²) in [5, 5.41) is 13.3. The highest BCUT2D eigenvalue weighted by Crippen LogP contribution is 2.24. The number of carbonyl (C=O) groups excluding carboxylic acids is 1. The van der Waals surface area contributed by atoms with Crippen LogP contribution in [0.2, 0.25) is 0 Å². The van der Waals surface area contributed by atoms with Gasteiger partial charge in [-0.1, -0.05) is 11.3 Å².